The van der Waals surface area contributed by atoms with Crippen molar-refractivity contribution in [3.8, 4) is 0 Å². The molecule has 17 heavy (non-hydrogen) atoms. The lowest BCUT2D eigenvalue weighted by molar-refractivity contribution is 0.197. The molecule has 0 spiro atoms. The molecule has 2 fully saturated rings. The first-order valence-electron chi connectivity index (χ1n) is 5.73. The smallest absolute Gasteiger partial charge is 0.317 e. The Kier molecular flexibility index (Phi) is 2.13. The van der Waals surface area contributed by atoms with Gasteiger partial charge in [0.2, 0.25) is 0 Å². The van der Waals surface area contributed by atoms with E-state index in [2.05, 4.69) is 15.3 Å². The number of nitrogens with zero attached hydrogens (tertiary/aromatic N) is 4. The molecule has 2 aliphatic heterocycles. The monoisotopic (exact) mass is 236 g/mol. The second-order valence-electron chi connectivity index (χ2n) is 4.56. The van der Waals surface area contributed by atoms with Crippen molar-refractivity contribution < 1.29 is 4.79 Å². The van der Waals surface area contributed by atoms with Crippen molar-refractivity contribution in [2.75, 3.05) is 36.8 Å². The number of hydrogen-bond donors (Lipinski definition) is 2. The lowest BCUT2D eigenvalue weighted by Crippen LogP contribution is -2.52. The quantitative estimate of drug-likeness (QED) is 0.670. The second kappa shape index (κ2) is 3.54. The molecule has 0 bridgehead atoms. The predicted octanol–water partition coefficient (Wildman–Crippen LogP) is -0.784. The van der Waals surface area contributed by atoms with E-state index in [1.165, 1.54) is 0 Å². The third kappa shape index (κ3) is 1.58. The molecule has 0 aromatic carbocycles. The fourth-order valence-electron chi connectivity index (χ4n) is 2.54. The summed E-state index contributed by atoms with van der Waals surface area (Å²) < 4.78 is 1.72. The number of hydrogen-bond acceptors (Lipinski definition) is 4. The third-order valence-corrected chi connectivity index (χ3v) is 3.37. The number of urea groups is 1. The number of nitrogens with two attached hydrogens (primary N) is 1. The van der Waals surface area contributed by atoms with Crippen molar-refractivity contribution in [1.82, 2.24) is 20.0 Å². The molecular weight excluding hydrogens is 220 g/mol. The number of anilines is 2. The SMILES string of the molecule is Cn1cc(N)c(N2CCN3C(=O)NCC3C2)n1. The molecule has 2 saturated heterocycles. The highest BCUT2D eigenvalue weighted by molar-refractivity contribution is 5.77. The summed E-state index contributed by atoms with van der Waals surface area (Å²) in [6, 6.07) is 0.279. The van der Waals surface area contributed by atoms with E-state index in [-0.39, 0.29) is 12.1 Å². The fraction of sp³-hybridized carbons (Fsp3) is 0.600. The van der Waals surface area contributed by atoms with Gasteiger partial charge < -0.3 is 20.9 Å². The Labute approximate surface area is 99.2 Å². The number of aryl methyl sites for hydroxylation is 1. The summed E-state index contributed by atoms with van der Waals surface area (Å²) >= 11 is 0. The lowest BCUT2D eigenvalue weighted by atomic mass is 10.2. The van der Waals surface area contributed by atoms with Crippen molar-refractivity contribution in [3.63, 3.8) is 0 Å². The maximum Gasteiger partial charge on any atom is 0.317 e. The molecule has 7 heteroatoms. The van der Waals surface area contributed by atoms with Crippen molar-refractivity contribution in [1.29, 1.82) is 0 Å². The Hall–Kier alpha value is -1.92. The molecule has 7 nitrogen and oxygen atoms in total. The summed E-state index contributed by atoms with van der Waals surface area (Å²) in [5, 5.41) is 7.22. The number of fused-ring (bicyclic) bond motifs is 1. The summed E-state index contributed by atoms with van der Waals surface area (Å²) in [5.41, 5.74) is 6.61. The maximum absolute atomic E-state index is 11.5. The first-order chi connectivity index (χ1) is 8.15. The summed E-state index contributed by atoms with van der Waals surface area (Å²) in [6.07, 6.45) is 1.81. The van der Waals surface area contributed by atoms with Crippen LogP contribution in [0.1, 0.15) is 0 Å². The van der Waals surface area contributed by atoms with Gasteiger partial charge in [0.05, 0.1) is 11.7 Å². The van der Waals surface area contributed by atoms with Crippen LogP contribution in [0.5, 0.6) is 0 Å². The molecule has 1 aromatic rings. The van der Waals surface area contributed by atoms with Gasteiger partial charge in [-0.05, 0) is 0 Å². The molecule has 3 N–H and O–H groups in total. The van der Waals surface area contributed by atoms with Gasteiger partial charge in [-0.3, -0.25) is 4.68 Å². The van der Waals surface area contributed by atoms with E-state index in [1.807, 2.05) is 11.9 Å². The highest BCUT2D eigenvalue weighted by atomic mass is 16.2. The highest BCUT2D eigenvalue weighted by Gasteiger charge is 2.36. The zero-order chi connectivity index (χ0) is 12.0. The third-order valence-electron chi connectivity index (χ3n) is 3.37. The normalized spacial score (nSPS) is 23.8. The van der Waals surface area contributed by atoms with E-state index >= 15 is 0 Å². The number of rotatable bonds is 1. The van der Waals surface area contributed by atoms with Crippen molar-refractivity contribution >= 4 is 17.5 Å². The first kappa shape index (κ1) is 10.2. The molecule has 2 amide bonds. The van der Waals surface area contributed by atoms with Crippen LogP contribution in [0, 0.1) is 0 Å². The molecule has 0 radical (unpaired) electrons. The molecule has 1 aromatic heterocycles. The van der Waals surface area contributed by atoms with Crippen LogP contribution in [-0.4, -0.2) is 52.9 Å². The van der Waals surface area contributed by atoms with Gasteiger partial charge in [0, 0.05) is 39.4 Å². The Morgan fingerprint density at radius 1 is 1.53 bits per heavy atom. The summed E-state index contributed by atoms with van der Waals surface area (Å²) in [5.74, 6) is 0.825. The van der Waals surface area contributed by atoms with Crippen LogP contribution in [0.15, 0.2) is 6.20 Å². The van der Waals surface area contributed by atoms with E-state index in [9.17, 15) is 4.79 Å². The van der Waals surface area contributed by atoms with Gasteiger partial charge in [-0.15, -0.1) is 0 Å². The number of nitrogens with one attached hydrogen (secondary N) is 1. The zero-order valence-corrected chi connectivity index (χ0v) is 9.76. The number of nitrogen functional groups attached to an aromatic ring is 1. The van der Waals surface area contributed by atoms with Crippen LogP contribution in [0.2, 0.25) is 0 Å². The summed E-state index contributed by atoms with van der Waals surface area (Å²) in [7, 11) is 1.86. The van der Waals surface area contributed by atoms with Crippen molar-refractivity contribution in [3.05, 3.63) is 6.20 Å². The highest BCUT2D eigenvalue weighted by Crippen LogP contribution is 2.24. The Morgan fingerprint density at radius 2 is 2.35 bits per heavy atom. The lowest BCUT2D eigenvalue weighted by Gasteiger charge is -2.36. The molecule has 1 unspecified atom stereocenters. The summed E-state index contributed by atoms with van der Waals surface area (Å²) in [6.45, 7) is 3.01. The van der Waals surface area contributed by atoms with Crippen LogP contribution in [0.4, 0.5) is 16.3 Å². The van der Waals surface area contributed by atoms with E-state index in [0.29, 0.717) is 12.2 Å². The van der Waals surface area contributed by atoms with Gasteiger partial charge in [0.25, 0.3) is 0 Å². The number of amides is 2. The van der Waals surface area contributed by atoms with Crippen LogP contribution in [0.3, 0.4) is 0 Å². The molecule has 2 aliphatic rings. The largest absolute Gasteiger partial charge is 0.394 e. The summed E-state index contributed by atoms with van der Waals surface area (Å²) in [4.78, 5) is 15.5. The zero-order valence-electron chi connectivity index (χ0n) is 9.76. The molecule has 0 saturated carbocycles. The fourth-order valence-corrected chi connectivity index (χ4v) is 2.54. The van der Waals surface area contributed by atoms with Crippen molar-refractivity contribution in [2.24, 2.45) is 7.05 Å². The number of piperazine rings is 1. The average Bonchev–Trinajstić information content (AvgIpc) is 2.82. The van der Waals surface area contributed by atoms with Gasteiger partial charge in [-0.2, -0.15) is 5.10 Å². The van der Waals surface area contributed by atoms with E-state index < -0.39 is 0 Å². The van der Waals surface area contributed by atoms with Gasteiger partial charge in [-0.25, -0.2) is 4.79 Å². The van der Waals surface area contributed by atoms with Crippen LogP contribution >= 0.6 is 0 Å². The van der Waals surface area contributed by atoms with E-state index in [4.69, 9.17) is 5.73 Å². The van der Waals surface area contributed by atoms with Gasteiger partial charge in [0.15, 0.2) is 5.82 Å². The number of aromatic nitrogens is 2. The van der Waals surface area contributed by atoms with Crippen LogP contribution < -0.4 is 16.0 Å². The minimum atomic E-state index is 0.0450. The van der Waals surface area contributed by atoms with E-state index in [1.54, 1.807) is 10.9 Å². The topological polar surface area (TPSA) is 79.4 Å². The maximum atomic E-state index is 11.5. The number of carbonyl (C=O) groups excluding carboxylic acids is 1. The second-order valence-corrected chi connectivity index (χ2v) is 4.56. The Balaban J connectivity index is 1.79. The van der Waals surface area contributed by atoms with Crippen molar-refractivity contribution in [2.45, 2.75) is 6.04 Å². The minimum absolute atomic E-state index is 0.0450. The van der Waals surface area contributed by atoms with Gasteiger partial charge >= 0.3 is 6.03 Å². The van der Waals surface area contributed by atoms with E-state index in [0.717, 1.165) is 25.5 Å². The molecule has 0 aliphatic carbocycles. The van der Waals surface area contributed by atoms with Crippen LogP contribution in [0.25, 0.3) is 0 Å². The standard InChI is InChI=1S/C10H16N6O/c1-14-6-8(11)9(13-14)15-2-3-16-7(5-15)4-12-10(16)17/h6-7H,2-5,11H2,1H3,(H,12,17). The van der Waals surface area contributed by atoms with Gasteiger partial charge in [0.1, 0.15) is 0 Å². The molecule has 3 rings (SSSR count). The minimum Gasteiger partial charge on any atom is -0.394 e. The molecular formula is C10H16N6O. The Morgan fingerprint density at radius 3 is 3.06 bits per heavy atom. The van der Waals surface area contributed by atoms with Crippen LogP contribution in [-0.2, 0) is 7.05 Å². The molecule has 92 valence electrons. The first-order valence-corrected chi connectivity index (χ1v) is 5.73. The van der Waals surface area contributed by atoms with Gasteiger partial charge in [-0.1, -0.05) is 0 Å². The predicted molar refractivity (Wildman–Crippen MR) is 63.7 cm³/mol. The Bertz CT molecular complexity index is 456. The average molecular weight is 236 g/mol. The molecule has 3 heterocycles. The number of carbonyl (C=O) groups is 1. The molecule has 1 atom stereocenters.